The number of nitrogens with zero attached hydrogens (tertiary/aromatic N) is 1. The largest absolute Gasteiger partial charge is 0.494 e. The SMILES string of the molecule is CSCCCOc1ccc2oc(C(Nc3ccc(C(=O)N(C)CCC(=O)OF)cc3)C3CCCCC3)c(C)c2c1. The lowest BCUT2D eigenvalue weighted by molar-refractivity contribution is -0.183. The third kappa shape index (κ3) is 7.50. The molecule has 7 nitrogen and oxygen atoms in total. The molecule has 1 aromatic heterocycles. The minimum absolute atomic E-state index is 0.00501. The van der Waals surface area contributed by atoms with Crippen molar-refractivity contribution in [1.29, 1.82) is 0 Å². The van der Waals surface area contributed by atoms with E-state index in [-0.39, 0.29) is 24.9 Å². The molecule has 1 aliphatic carbocycles. The summed E-state index contributed by atoms with van der Waals surface area (Å²) >= 11 is 1.82. The van der Waals surface area contributed by atoms with Crippen LogP contribution in [-0.2, 0) is 9.74 Å². The van der Waals surface area contributed by atoms with Crippen LogP contribution in [0.4, 0.5) is 10.2 Å². The van der Waals surface area contributed by atoms with Crippen LogP contribution in [0.15, 0.2) is 46.9 Å². The first-order chi connectivity index (χ1) is 19.4. The molecule has 1 fully saturated rings. The lowest BCUT2D eigenvalue weighted by atomic mass is 9.82. The fraction of sp³-hybridized carbons (Fsp3) is 0.484. The van der Waals surface area contributed by atoms with E-state index in [0.29, 0.717) is 18.1 Å². The van der Waals surface area contributed by atoms with E-state index in [1.54, 1.807) is 19.2 Å². The van der Waals surface area contributed by atoms with E-state index >= 15 is 0 Å². The molecule has 2 aromatic carbocycles. The highest BCUT2D eigenvalue weighted by Gasteiger charge is 2.30. The Balaban J connectivity index is 1.52. The summed E-state index contributed by atoms with van der Waals surface area (Å²) in [5, 5.41) is 4.79. The summed E-state index contributed by atoms with van der Waals surface area (Å²) in [5.74, 6) is 2.07. The molecular weight excluding hydrogens is 531 g/mol. The van der Waals surface area contributed by atoms with Crippen molar-refractivity contribution in [3.8, 4) is 5.75 Å². The number of furan rings is 1. The van der Waals surface area contributed by atoms with Crippen LogP contribution in [0.3, 0.4) is 0 Å². The van der Waals surface area contributed by atoms with E-state index in [9.17, 15) is 14.1 Å². The fourth-order valence-electron chi connectivity index (χ4n) is 5.37. The van der Waals surface area contributed by atoms with Gasteiger partial charge in [-0.1, -0.05) is 19.3 Å². The Morgan fingerprint density at radius 3 is 2.60 bits per heavy atom. The second kappa shape index (κ2) is 14.4. The topological polar surface area (TPSA) is 81.0 Å². The number of nitrogens with one attached hydrogen (secondary N) is 1. The Labute approximate surface area is 239 Å². The number of thioether (sulfide) groups is 1. The number of hydrogen-bond acceptors (Lipinski definition) is 7. The number of ether oxygens (including phenoxy) is 1. The van der Waals surface area contributed by atoms with E-state index in [1.807, 2.05) is 36.0 Å². The normalized spacial score (nSPS) is 14.6. The third-order valence-electron chi connectivity index (χ3n) is 7.65. The highest BCUT2D eigenvalue weighted by Crippen LogP contribution is 2.41. The molecular formula is C31H39FN2O5S. The highest BCUT2D eigenvalue weighted by atomic mass is 32.2. The van der Waals surface area contributed by atoms with Gasteiger partial charge in [0.05, 0.1) is 19.1 Å². The number of carbonyl (C=O) groups excluding carboxylic acids is 2. The number of hydrogen-bond donors (Lipinski definition) is 1. The lowest BCUT2D eigenvalue weighted by Gasteiger charge is -2.31. The van der Waals surface area contributed by atoms with Gasteiger partial charge in [0.2, 0.25) is 0 Å². The summed E-state index contributed by atoms with van der Waals surface area (Å²) in [6.07, 6.45) is 8.82. The number of halogens is 1. The standard InChI is InChI=1S/C31H39FN2O5S/c1-21-26-20-25(37-18-7-19-40-3)14-15-27(26)38-30(21)29(22-8-5-4-6-9-22)33-24-12-10-23(11-13-24)31(36)34(2)17-16-28(35)39-32/h10-15,20,22,29,33H,4-9,16-19H2,1-3H3. The van der Waals surface area contributed by atoms with Crippen LogP contribution >= 0.6 is 11.8 Å². The van der Waals surface area contributed by atoms with Gasteiger partial charge in [0.15, 0.2) is 0 Å². The van der Waals surface area contributed by atoms with E-state index < -0.39 is 5.97 Å². The maximum atomic E-state index is 12.8. The van der Waals surface area contributed by atoms with Crippen molar-refractivity contribution in [2.45, 2.75) is 57.9 Å². The van der Waals surface area contributed by atoms with Crippen molar-refractivity contribution in [3.05, 3.63) is 59.4 Å². The second-order valence-electron chi connectivity index (χ2n) is 10.5. The second-order valence-corrected chi connectivity index (χ2v) is 11.5. The average Bonchev–Trinajstić information content (AvgIpc) is 3.32. The predicted octanol–water partition coefficient (Wildman–Crippen LogP) is 7.50. The van der Waals surface area contributed by atoms with Gasteiger partial charge in [0.1, 0.15) is 17.1 Å². The Morgan fingerprint density at radius 2 is 1.90 bits per heavy atom. The van der Waals surface area contributed by atoms with E-state index in [0.717, 1.165) is 58.7 Å². The number of amides is 1. The zero-order chi connectivity index (χ0) is 28.5. The van der Waals surface area contributed by atoms with Crippen molar-refractivity contribution in [3.63, 3.8) is 0 Å². The third-order valence-corrected chi connectivity index (χ3v) is 8.34. The zero-order valence-corrected chi connectivity index (χ0v) is 24.4. The van der Waals surface area contributed by atoms with Gasteiger partial charge >= 0.3 is 5.97 Å². The van der Waals surface area contributed by atoms with Gasteiger partial charge < -0.3 is 19.4 Å². The zero-order valence-electron chi connectivity index (χ0n) is 23.5. The first kappa shape index (κ1) is 29.8. The number of rotatable bonds is 13. The quantitative estimate of drug-likeness (QED) is 0.213. The van der Waals surface area contributed by atoms with Gasteiger partial charge in [-0.2, -0.15) is 11.8 Å². The molecule has 216 valence electrons. The summed E-state index contributed by atoms with van der Waals surface area (Å²) in [5.41, 5.74) is 3.36. The van der Waals surface area contributed by atoms with E-state index in [4.69, 9.17) is 9.15 Å². The molecule has 0 spiro atoms. The Hall–Kier alpha value is -3.20. The molecule has 4 rings (SSSR count). The highest BCUT2D eigenvalue weighted by molar-refractivity contribution is 7.98. The molecule has 1 heterocycles. The Morgan fingerprint density at radius 1 is 1.15 bits per heavy atom. The molecule has 0 radical (unpaired) electrons. The van der Waals surface area contributed by atoms with Gasteiger partial charge in [0.25, 0.3) is 5.91 Å². The number of fused-ring (bicyclic) bond motifs is 1. The summed E-state index contributed by atoms with van der Waals surface area (Å²) < 4.78 is 24.4. The molecule has 1 unspecified atom stereocenters. The van der Waals surface area contributed by atoms with E-state index in [2.05, 4.69) is 29.5 Å². The van der Waals surface area contributed by atoms with Crippen LogP contribution in [0.2, 0.25) is 0 Å². The monoisotopic (exact) mass is 570 g/mol. The molecule has 0 aliphatic heterocycles. The molecule has 9 heteroatoms. The average molecular weight is 571 g/mol. The predicted molar refractivity (Wildman–Crippen MR) is 158 cm³/mol. The van der Waals surface area contributed by atoms with Crippen LogP contribution < -0.4 is 10.1 Å². The van der Waals surface area contributed by atoms with Gasteiger partial charge in [0, 0.05) is 40.3 Å². The van der Waals surface area contributed by atoms with Crippen molar-refractivity contribution in [2.75, 3.05) is 37.5 Å². The van der Waals surface area contributed by atoms with Crippen LogP contribution in [0.25, 0.3) is 11.0 Å². The van der Waals surface area contributed by atoms with Crippen molar-refractivity contribution in [2.24, 2.45) is 5.92 Å². The molecule has 1 aliphatic rings. The summed E-state index contributed by atoms with van der Waals surface area (Å²) in [6.45, 7) is 2.88. The molecule has 1 amide bonds. The number of benzene rings is 2. The molecule has 1 atom stereocenters. The van der Waals surface area contributed by atoms with Gasteiger partial charge in [-0.05, 0) is 86.6 Å². The molecule has 1 N–H and O–H groups in total. The van der Waals surface area contributed by atoms with Crippen LogP contribution in [0.1, 0.15) is 72.7 Å². The van der Waals surface area contributed by atoms with Crippen LogP contribution in [0.5, 0.6) is 5.75 Å². The Bertz CT molecular complexity index is 1270. The van der Waals surface area contributed by atoms with Crippen LogP contribution in [-0.4, -0.2) is 49.0 Å². The van der Waals surface area contributed by atoms with E-state index in [1.165, 1.54) is 24.2 Å². The first-order valence-electron chi connectivity index (χ1n) is 14.0. The van der Waals surface area contributed by atoms with Crippen LogP contribution in [0, 0.1) is 12.8 Å². The maximum absolute atomic E-state index is 12.8. The molecule has 40 heavy (non-hydrogen) atoms. The number of aryl methyl sites for hydroxylation is 1. The minimum Gasteiger partial charge on any atom is -0.494 e. The van der Waals surface area contributed by atoms with Crippen molar-refractivity contribution < 1.29 is 28.2 Å². The first-order valence-corrected chi connectivity index (χ1v) is 15.4. The van der Waals surface area contributed by atoms with Gasteiger partial charge in [-0.3, -0.25) is 9.74 Å². The molecule has 0 bridgehead atoms. The maximum Gasteiger partial charge on any atom is 0.350 e. The lowest BCUT2D eigenvalue weighted by Crippen LogP contribution is -2.29. The van der Waals surface area contributed by atoms with Crippen molar-refractivity contribution >= 4 is 40.3 Å². The minimum atomic E-state index is -0.997. The molecule has 0 saturated heterocycles. The number of anilines is 1. The molecule has 1 saturated carbocycles. The Kier molecular flexibility index (Phi) is 10.7. The van der Waals surface area contributed by atoms with Gasteiger partial charge in [-0.15, -0.1) is 0 Å². The number of carbonyl (C=O) groups is 2. The van der Waals surface area contributed by atoms with Gasteiger partial charge in [-0.25, -0.2) is 4.79 Å². The summed E-state index contributed by atoms with van der Waals surface area (Å²) in [4.78, 5) is 28.4. The summed E-state index contributed by atoms with van der Waals surface area (Å²) in [6, 6.07) is 13.4. The van der Waals surface area contributed by atoms with Crippen molar-refractivity contribution in [1.82, 2.24) is 4.90 Å². The summed E-state index contributed by atoms with van der Waals surface area (Å²) in [7, 11) is 1.57. The smallest absolute Gasteiger partial charge is 0.350 e. The fourth-order valence-corrected chi connectivity index (χ4v) is 5.78. The molecule has 3 aromatic rings.